The molecule has 0 saturated carbocycles. The highest BCUT2D eigenvalue weighted by Crippen LogP contribution is 2.25. The number of nitrogens with zero attached hydrogens (tertiary/aromatic N) is 2. The summed E-state index contributed by atoms with van der Waals surface area (Å²) >= 11 is 0. The highest BCUT2D eigenvalue weighted by atomic mass is 16.5. The van der Waals surface area contributed by atoms with Crippen LogP contribution in [-0.2, 0) is 0 Å². The van der Waals surface area contributed by atoms with Crippen molar-refractivity contribution in [3.05, 3.63) is 72.6 Å². The predicted octanol–water partition coefficient (Wildman–Crippen LogP) is 4.26. The second-order valence-corrected chi connectivity index (χ2v) is 5.90. The van der Waals surface area contributed by atoms with Crippen LogP contribution >= 0.6 is 0 Å². The Bertz CT molecular complexity index is 864. The van der Waals surface area contributed by atoms with Crippen molar-refractivity contribution in [1.29, 1.82) is 0 Å². The summed E-state index contributed by atoms with van der Waals surface area (Å²) in [6.07, 6.45) is 2.98. The van der Waals surface area contributed by atoms with Crippen molar-refractivity contribution in [2.45, 2.75) is 20.0 Å². The average molecular weight is 348 g/mol. The van der Waals surface area contributed by atoms with E-state index in [1.165, 1.54) is 12.4 Å². The van der Waals surface area contributed by atoms with E-state index >= 15 is 0 Å². The number of carbonyl (C=O) groups is 1. The van der Waals surface area contributed by atoms with Gasteiger partial charge in [0.15, 0.2) is 0 Å². The molecule has 6 nitrogen and oxygen atoms in total. The Hall–Kier alpha value is -3.41. The largest absolute Gasteiger partial charge is 0.489 e. The molecule has 0 atom stereocenters. The zero-order chi connectivity index (χ0) is 18.4. The molecule has 0 unspecified atom stereocenters. The van der Waals surface area contributed by atoms with Gasteiger partial charge in [-0.2, -0.15) is 0 Å². The molecule has 132 valence electrons. The van der Waals surface area contributed by atoms with Crippen LogP contribution in [0.4, 0.5) is 17.3 Å². The molecule has 0 aliphatic rings. The Morgan fingerprint density at radius 1 is 0.962 bits per heavy atom. The van der Waals surface area contributed by atoms with Crippen molar-refractivity contribution in [2.75, 3.05) is 10.6 Å². The molecule has 2 N–H and O–H groups in total. The van der Waals surface area contributed by atoms with Gasteiger partial charge in [0.2, 0.25) is 5.95 Å². The molecule has 1 amide bonds. The molecule has 0 bridgehead atoms. The van der Waals surface area contributed by atoms with Gasteiger partial charge in [-0.1, -0.05) is 30.3 Å². The van der Waals surface area contributed by atoms with E-state index < -0.39 is 0 Å². The van der Waals surface area contributed by atoms with E-state index in [0.717, 1.165) is 5.69 Å². The molecule has 0 aliphatic carbocycles. The summed E-state index contributed by atoms with van der Waals surface area (Å²) in [6, 6.07) is 16.9. The van der Waals surface area contributed by atoms with E-state index in [9.17, 15) is 4.79 Å². The molecular weight excluding hydrogens is 328 g/mol. The number of amides is 1. The number of anilines is 3. The molecule has 0 radical (unpaired) electrons. The molecule has 0 saturated heterocycles. The Labute approximate surface area is 152 Å². The first kappa shape index (κ1) is 17.4. The Morgan fingerprint density at radius 2 is 1.62 bits per heavy atom. The molecule has 0 fully saturated rings. The maximum atomic E-state index is 12.5. The van der Waals surface area contributed by atoms with E-state index in [2.05, 4.69) is 20.6 Å². The van der Waals surface area contributed by atoms with E-state index in [-0.39, 0.29) is 12.0 Å². The van der Waals surface area contributed by atoms with Crippen LogP contribution in [0.3, 0.4) is 0 Å². The van der Waals surface area contributed by atoms with Crippen LogP contribution in [0, 0.1) is 0 Å². The molecular formula is C20H20N4O2. The molecule has 3 aromatic rings. The van der Waals surface area contributed by atoms with Gasteiger partial charge in [-0.15, -0.1) is 0 Å². The third-order valence-corrected chi connectivity index (χ3v) is 3.44. The van der Waals surface area contributed by atoms with E-state index in [1.54, 1.807) is 6.07 Å². The van der Waals surface area contributed by atoms with Crippen molar-refractivity contribution in [3.8, 4) is 5.75 Å². The molecule has 6 heteroatoms. The number of para-hydroxylation sites is 3. The van der Waals surface area contributed by atoms with Crippen molar-refractivity contribution in [2.24, 2.45) is 0 Å². The van der Waals surface area contributed by atoms with Crippen molar-refractivity contribution in [1.82, 2.24) is 9.97 Å². The number of nitrogens with one attached hydrogen (secondary N) is 2. The van der Waals surface area contributed by atoms with Gasteiger partial charge in [-0.25, -0.2) is 9.97 Å². The molecule has 2 aromatic carbocycles. The van der Waals surface area contributed by atoms with Gasteiger partial charge in [0.1, 0.15) is 5.75 Å². The van der Waals surface area contributed by atoms with Crippen LogP contribution in [0.15, 0.2) is 67.0 Å². The lowest BCUT2D eigenvalue weighted by Gasteiger charge is -2.14. The number of aromatic nitrogens is 2. The molecule has 0 spiro atoms. The predicted molar refractivity (Wildman–Crippen MR) is 102 cm³/mol. The molecule has 1 heterocycles. The number of hydrogen-bond donors (Lipinski definition) is 2. The lowest BCUT2D eigenvalue weighted by Crippen LogP contribution is -2.15. The van der Waals surface area contributed by atoms with Crippen LogP contribution in [0.25, 0.3) is 0 Å². The Morgan fingerprint density at radius 3 is 2.31 bits per heavy atom. The van der Waals surface area contributed by atoms with Crippen LogP contribution in [0.5, 0.6) is 5.75 Å². The lowest BCUT2D eigenvalue weighted by molar-refractivity contribution is 0.102. The number of ether oxygens (including phenoxy) is 1. The third kappa shape index (κ3) is 4.57. The molecule has 26 heavy (non-hydrogen) atoms. The molecule has 1 aromatic heterocycles. The quantitative estimate of drug-likeness (QED) is 0.696. The number of benzene rings is 2. The highest BCUT2D eigenvalue weighted by molar-refractivity contribution is 6.04. The molecule has 3 rings (SSSR count). The SMILES string of the molecule is CC(C)Oc1ccccc1NC(=O)c1cnc(Nc2ccccc2)nc1. The van der Waals surface area contributed by atoms with Gasteiger partial charge in [-0.3, -0.25) is 4.79 Å². The maximum Gasteiger partial charge on any atom is 0.258 e. The number of rotatable bonds is 6. The van der Waals surface area contributed by atoms with Crippen molar-refractivity contribution >= 4 is 23.2 Å². The van der Waals surface area contributed by atoms with E-state index in [0.29, 0.717) is 22.9 Å². The Kier molecular flexibility index (Phi) is 5.43. The van der Waals surface area contributed by atoms with E-state index in [1.807, 2.05) is 62.4 Å². The summed E-state index contributed by atoms with van der Waals surface area (Å²) in [7, 11) is 0. The highest BCUT2D eigenvalue weighted by Gasteiger charge is 2.11. The average Bonchev–Trinajstić information content (AvgIpc) is 2.64. The lowest BCUT2D eigenvalue weighted by atomic mass is 10.2. The Balaban J connectivity index is 1.69. The number of hydrogen-bond acceptors (Lipinski definition) is 5. The third-order valence-electron chi connectivity index (χ3n) is 3.44. The normalized spacial score (nSPS) is 10.4. The van der Waals surface area contributed by atoms with Crippen LogP contribution in [-0.4, -0.2) is 22.0 Å². The summed E-state index contributed by atoms with van der Waals surface area (Å²) in [6.45, 7) is 3.87. The zero-order valence-electron chi connectivity index (χ0n) is 14.6. The summed E-state index contributed by atoms with van der Waals surface area (Å²) in [5.74, 6) is 0.756. The van der Waals surface area contributed by atoms with Gasteiger partial charge in [0.05, 0.1) is 17.4 Å². The van der Waals surface area contributed by atoms with Crippen LogP contribution in [0.1, 0.15) is 24.2 Å². The fourth-order valence-electron chi connectivity index (χ4n) is 2.28. The van der Waals surface area contributed by atoms with Crippen LogP contribution in [0.2, 0.25) is 0 Å². The monoisotopic (exact) mass is 348 g/mol. The minimum absolute atomic E-state index is 0.0136. The van der Waals surface area contributed by atoms with Gasteiger partial charge >= 0.3 is 0 Å². The fourth-order valence-corrected chi connectivity index (χ4v) is 2.28. The first-order valence-corrected chi connectivity index (χ1v) is 8.33. The standard InChI is InChI=1S/C20H20N4O2/c1-14(2)26-18-11-7-6-10-17(18)24-19(25)15-12-21-20(22-13-15)23-16-8-4-3-5-9-16/h3-14H,1-2H3,(H,24,25)(H,21,22,23). The van der Waals surface area contributed by atoms with Gasteiger partial charge in [0.25, 0.3) is 5.91 Å². The summed E-state index contributed by atoms with van der Waals surface area (Å²) in [5, 5.41) is 5.91. The minimum Gasteiger partial charge on any atom is -0.489 e. The molecule has 0 aliphatic heterocycles. The summed E-state index contributed by atoms with van der Waals surface area (Å²) < 4.78 is 5.71. The summed E-state index contributed by atoms with van der Waals surface area (Å²) in [5.41, 5.74) is 1.85. The van der Waals surface area contributed by atoms with Gasteiger partial charge in [-0.05, 0) is 38.1 Å². The van der Waals surface area contributed by atoms with E-state index in [4.69, 9.17) is 4.74 Å². The van der Waals surface area contributed by atoms with Gasteiger partial charge in [0, 0.05) is 18.1 Å². The first-order chi connectivity index (χ1) is 12.6. The van der Waals surface area contributed by atoms with Crippen molar-refractivity contribution < 1.29 is 9.53 Å². The smallest absolute Gasteiger partial charge is 0.258 e. The second kappa shape index (κ2) is 8.11. The first-order valence-electron chi connectivity index (χ1n) is 8.33. The topological polar surface area (TPSA) is 76.1 Å². The number of carbonyl (C=O) groups excluding carboxylic acids is 1. The van der Waals surface area contributed by atoms with Gasteiger partial charge < -0.3 is 15.4 Å². The zero-order valence-corrected chi connectivity index (χ0v) is 14.6. The second-order valence-electron chi connectivity index (χ2n) is 5.90. The van der Waals surface area contributed by atoms with Crippen LogP contribution < -0.4 is 15.4 Å². The summed E-state index contributed by atoms with van der Waals surface area (Å²) in [4.78, 5) is 20.8. The van der Waals surface area contributed by atoms with Crippen molar-refractivity contribution in [3.63, 3.8) is 0 Å². The minimum atomic E-state index is -0.295. The maximum absolute atomic E-state index is 12.5. The fraction of sp³-hybridized carbons (Fsp3) is 0.150.